The number of aryl methyl sites for hydroxylation is 1. The molecule has 0 aliphatic carbocycles. The summed E-state index contributed by atoms with van der Waals surface area (Å²) in [6.07, 6.45) is 0.784. The number of nitrogens with two attached hydrogens (primary N) is 1. The molecule has 5 nitrogen and oxygen atoms in total. The van der Waals surface area contributed by atoms with Crippen LogP contribution in [-0.2, 0) is 16.4 Å². The number of nitrogens with one attached hydrogen (secondary N) is 1. The van der Waals surface area contributed by atoms with Gasteiger partial charge in [0, 0.05) is 11.3 Å². The Kier molecular flexibility index (Phi) is 5.39. The van der Waals surface area contributed by atoms with E-state index >= 15 is 0 Å². The van der Waals surface area contributed by atoms with E-state index in [0.717, 1.165) is 23.1 Å². The molecule has 3 aromatic carbocycles. The Morgan fingerprint density at radius 1 is 0.963 bits per heavy atom. The highest BCUT2D eigenvalue weighted by Gasteiger charge is 2.12. The molecular weight excluding hydrogens is 360 g/mol. The van der Waals surface area contributed by atoms with Crippen LogP contribution in [0.25, 0.3) is 11.1 Å². The molecule has 0 unspecified atom stereocenters. The average Bonchev–Trinajstić information content (AvgIpc) is 2.67. The number of amides is 1. The van der Waals surface area contributed by atoms with Crippen molar-refractivity contribution in [2.75, 3.05) is 5.32 Å². The number of primary sulfonamides is 1. The normalized spacial score (nSPS) is 11.2. The van der Waals surface area contributed by atoms with Gasteiger partial charge in [0.1, 0.15) is 0 Å². The van der Waals surface area contributed by atoms with Crippen LogP contribution in [0.3, 0.4) is 0 Å². The van der Waals surface area contributed by atoms with Gasteiger partial charge in [-0.3, -0.25) is 4.79 Å². The van der Waals surface area contributed by atoms with Crippen LogP contribution in [0.5, 0.6) is 0 Å². The summed E-state index contributed by atoms with van der Waals surface area (Å²) in [6.45, 7) is 2.04. The third kappa shape index (κ3) is 4.42. The number of hydrogen-bond donors (Lipinski definition) is 2. The molecule has 0 spiro atoms. The predicted molar refractivity (Wildman–Crippen MR) is 107 cm³/mol. The van der Waals surface area contributed by atoms with Crippen LogP contribution in [0.2, 0.25) is 0 Å². The number of hydrogen-bond acceptors (Lipinski definition) is 3. The topological polar surface area (TPSA) is 89.3 Å². The van der Waals surface area contributed by atoms with Gasteiger partial charge in [0.05, 0.1) is 4.90 Å². The largest absolute Gasteiger partial charge is 0.322 e. The number of rotatable bonds is 5. The lowest BCUT2D eigenvalue weighted by Crippen LogP contribution is -2.15. The van der Waals surface area contributed by atoms with Gasteiger partial charge in [-0.05, 0) is 53.4 Å². The second-order valence-corrected chi connectivity index (χ2v) is 7.68. The first-order valence-corrected chi connectivity index (χ1v) is 10.1. The third-order valence-corrected chi connectivity index (χ3v) is 5.16. The molecule has 1 amide bonds. The molecule has 0 radical (unpaired) electrons. The van der Waals surface area contributed by atoms with E-state index in [1.54, 1.807) is 12.1 Å². The van der Waals surface area contributed by atoms with Crippen molar-refractivity contribution in [3.63, 3.8) is 0 Å². The first-order chi connectivity index (χ1) is 12.9. The fraction of sp³-hybridized carbons (Fsp3) is 0.0952. The van der Waals surface area contributed by atoms with E-state index in [9.17, 15) is 13.2 Å². The Morgan fingerprint density at radius 3 is 2.37 bits per heavy atom. The van der Waals surface area contributed by atoms with Crippen molar-refractivity contribution in [2.24, 2.45) is 5.14 Å². The lowest BCUT2D eigenvalue weighted by molar-refractivity contribution is 0.102. The van der Waals surface area contributed by atoms with E-state index in [-0.39, 0.29) is 10.8 Å². The molecule has 138 valence electrons. The molecule has 0 bridgehead atoms. The summed E-state index contributed by atoms with van der Waals surface area (Å²) in [4.78, 5) is 12.6. The second-order valence-electron chi connectivity index (χ2n) is 6.12. The molecule has 0 aromatic heterocycles. The van der Waals surface area contributed by atoms with E-state index in [4.69, 9.17) is 5.14 Å². The summed E-state index contributed by atoms with van der Waals surface area (Å²) >= 11 is 0. The number of sulfonamides is 1. The molecule has 3 aromatic rings. The van der Waals surface area contributed by atoms with Crippen molar-refractivity contribution in [2.45, 2.75) is 18.2 Å². The highest BCUT2D eigenvalue weighted by molar-refractivity contribution is 7.89. The maximum atomic E-state index is 12.6. The van der Waals surface area contributed by atoms with Crippen molar-refractivity contribution >= 4 is 21.6 Å². The van der Waals surface area contributed by atoms with Gasteiger partial charge in [-0.25, -0.2) is 13.6 Å². The summed E-state index contributed by atoms with van der Waals surface area (Å²) in [7, 11) is -3.82. The predicted octanol–water partition coefficient (Wildman–Crippen LogP) is 3.82. The van der Waals surface area contributed by atoms with Crippen LogP contribution >= 0.6 is 0 Å². The van der Waals surface area contributed by atoms with Crippen LogP contribution < -0.4 is 10.5 Å². The van der Waals surface area contributed by atoms with Crippen molar-refractivity contribution in [3.8, 4) is 11.1 Å². The fourth-order valence-electron chi connectivity index (χ4n) is 2.88. The summed E-state index contributed by atoms with van der Waals surface area (Å²) < 4.78 is 22.9. The Hall–Kier alpha value is -2.96. The summed E-state index contributed by atoms with van der Waals surface area (Å²) in [5.74, 6) is -0.309. The molecule has 3 rings (SSSR count). The SMILES string of the molecule is CCc1cc(C(=O)Nc2cccc(S(N)(=O)=O)c2)ccc1-c1ccccc1. The Bertz CT molecular complexity index is 1080. The summed E-state index contributed by atoms with van der Waals surface area (Å²) in [6, 6.07) is 21.4. The molecule has 0 saturated heterocycles. The van der Waals surface area contributed by atoms with Gasteiger partial charge in [-0.2, -0.15) is 0 Å². The molecular formula is C21H20N2O3S. The standard InChI is InChI=1S/C21H20N2O3S/c1-2-15-13-17(11-12-20(15)16-7-4-3-5-8-16)21(24)23-18-9-6-10-19(14-18)27(22,25)26/h3-14H,2H2,1H3,(H,23,24)(H2,22,25,26). The minimum absolute atomic E-state index is 0.0472. The summed E-state index contributed by atoms with van der Waals surface area (Å²) in [5.41, 5.74) is 4.13. The first-order valence-electron chi connectivity index (χ1n) is 8.51. The lowest BCUT2D eigenvalue weighted by atomic mass is 9.96. The van der Waals surface area contributed by atoms with Gasteiger partial charge in [-0.1, -0.05) is 49.4 Å². The van der Waals surface area contributed by atoms with Crippen LogP contribution in [-0.4, -0.2) is 14.3 Å². The molecule has 6 heteroatoms. The van der Waals surface area contributed by atoms with Gasteiger partial charge >= 0.3 is 0 Å². The van der Waals surface area contributed by atoms with E-state index in [1.165, 1.54) is 18.2 Å². The van der Waals surface area contributed by atoms with Gasteiger partial charge in [-0.15, -0.1) is 0 Å². The fourth-order valence-corrected chi connectivity index (χ4v) is 3.44. The van der Waals surface area contributed by atoms with Crippen LogP contribution in [0, 0.1) is 0 Å². The number of benzene rings is 3. The van der Waals surface area contributed by atoms with Crippen molar-refractivity contribution in [3.05, 3.63) is 83.9 Å². The number of anilines is 1. The van der Waals surface area contributed by atoms with Gasteiger partial charge in [0.2, 0.25) is 10.0 Å². The van der Waals surface area contributed by atoms with Crippen LogP contribution in [0.15, 0.2) is 77.7 Å². The maximum absolute atomic E-state index is 12.6. The smallest absolute Gasteiger partial charge is 0.255 e. The van der Waals surface area contributed by atoms with Gasteiger partial charge in [0.25, 0.3) is 5.91 Å². The van der Waals surface area contributed by atoms with E-state index in [2.05, 4.69) is 5.32 Å². The molecule has 0 saturated carbocycles. The lowest BCUT2D eigenvalue weighted by Gasteiger charge is -2.12. The van der Waals surface area contributed by atoms with Gasteiger partial charge < -0.3 is 5.32 Å². The quantitative estimate of drug-likeness (QED) is 0.705. The van der Waals surface area contributed by atoms with E-state index in [0.29, 0.717) is 11.3 Å². The number of carbonyl (C=O) groups is 1. The van der Waals surface area contributed by atoms with Crippen molar-refractivity contribution in [1.82, 2.24) is 0 Å². The molecule has 0 fully saturated rings. The zero-order chi connectivity index (χ0) is 19.4. The Morgan fingerprint density at radius 2 is 1.70 bits per heavy atom. The monoisotopic (exact) mass is 380 g/mol. The van der Waals surface area contributed by atoms with Crippen molar-refractivity contribution < 1.29 is 13.2 Å². The first kappa shape index (κ1) is 18.8. The molecule has 0 atom stereocenters. The second kappa shape index (κ2) is 7.73. The number of carbonyl (C=O) groups excluding carboxylic acids is 1. The zero-order valence-corrected chi connectivity index (χ0v) is 15.7. The maximum Gasteiger partial charge on any atom is 0.255 e. The molecule has 3 N–H and O–H groups in total. The zero-order valence-electron chi connectivity index (χ0n) is 14.8. The molecule has 0 aliphatic heterocycles. The van der Waals surface area contributed by atoms with Crippen LogP contribution in [0.1, 0.15) is 22.8 Å². The molecule has 27 heavy (non-hydrogen) atoms. The molecule has 0 aliphatic rings. The highest BCUT2D eigenvalue weighted by atomic mass is 32.2. The van der Waals surface area contributed by atoms with E-state index in [1.807, 2.05) is 49.4 Å². The van der Waals surface area contributed by atoms with E-state index < -0.39 is 10.0 Å². The highest BCUT2D eigenvalue weighted by Crippen LogP contribution is 2.25. The van der Waals surface area contributed by atoms with Gasteiger partial charge in [0.15, 0.2) is 0 Å². The Labute approximate surface area is 158 Å². The van der Waals surface area contributed by atoms with Crippen LogP contribution in [0.4, 0.5) is 5.69 Å². The minimum atomic E-state index is -3.82. The molecule has 0 heterocycles. The summed E-state index contributed by atoms with van der Waals surface area (Å²) in [5, 5.41) is 7.86. The minimum Gasteiger partial charge on any atom is -0.322 e. The van der Waals surface area contributed by atoms with Crippen molar-refractivity contribution in [1.29, 1.82) is 0 Å². The Balaban J connectivity index is 1.88. The third-order valence-electron chi connectivity index (χ3n) is 4.25. The average molecular weight is 380 g/mol.